The second-order valence-corrected chi connectivity index (χ2v) is 5.47. The van der Waals surface area contributed by atoms with Gasteiger partial charge in [0.05, 0.1) is 0 Å². The van der Waals surface area contributed by atoms with E-state index in [1.54, 1.807) is 13.8 Å². The van der Waals surface area contributed by atoms with Gasteiger partial charge in [-0.05, 0) is 32.0 Å². The summed E-state index contributed by atoms with van der Waals surface area (Å²) >= 11 is -0.194. The van der Waals surface area contributed by atoms with Gasteiger partial charge in [0.15, 0.2) is 0 Å². The SMILES string of the molecule is CC(C)N(CCCC(=O)O)C(=O)NCCSC(F)(F)F. The van der Waals surface area contributed by atoms with Crippen molar-refractivity contribution < 1.29 is 27.9 Å². The fourth-order valence-corrected chi connectivity index (χ4v) is 1.86. The lowest BCUT2D eigenvalue weighted by molar-refractivity contribution is -0.137. The van der Waals surface area contributed by atoms with Crippen molar-refractivity contribution in [2.75, 3.05) is 18.8 Å². The molecule has 0 heterocycles. The van der Waals surface area contributed by atoms with Gasteiger partial charge in [-0.1, -0.05) is 0 Å². The van der Waals surface area contributed by atoms with Crippen LogP contribution in [0.5, 0.6) is 0 Å². The quantitative estimate of drug-likeness (QED) is 0.675. The number of carbonyl (C=O) groups excluding carboxylic acids is 1. The third-order valence-corrected chi connectivity index (χ3v) is 3.05. The summed E-state index contributed by atoms with van der Waals surface area (Å²) in [7, 11) is 0. The molecular formula is C11H19F3N2O3S. The predicted octanol–water partition coefficient (Wildman–Crippen LogP) is 2.52. The minimum absolute atomic E-state index is 0.0551. The van der Waals surface area contributed by atoms with Gasteiger partial charge in [0.2, 0.25) is 0 Å². The molecule has 0 aliphatic carbocycles. The minimum Gasteiger partial charge on any atom is -0.481 e. The summed E-state index contributed by atoms with van der Waals surface area (Å²) in [6, 6.07) is -0.632. The number of alkyl halides is 3. The number of nitrogens with one attached hydrogen (secondary N) is 1. The first kappa shape index (κ1) is 18.9. The first-order valence-electron chi connectivity index (χ1n) is 6.10. The van der Waals surface area contributed by atoms with Crippen LogP contribution in [0.2, 0.25) is 0 Å². The normalized spacial score (nSPS) is 11.5. The first-order valence-corrected chi connectivity index (χ1v) is 7.09. The summed E-state index contributed by atoms with van der Waals surface area (Å²) in [6.07, 6.45) is 0.249. The largest absolute Gasteiger partial charge is 0.481 e. The summed E-state index contributed by atoms with van der Waals surface area (Å²) in [5.41, 5.74) is -4.30. The smallest absolute Gasteiger partial charge is 0.441 e. The molecule has 0 aromatic carbocycles. The molecule has 0 rings (SSSR count). The number of nitrogens with zero attached hydrogens (tertiary/aromatic N) is 1. The Morgan fingerprint density at radius 3 is 2.40 bits per heavy atom. The van der Waals surface area contributed by atoms with Crippen LogP contribution in [0, 0.1) is 0 Å². The fourth-order valence-electron chi connectivity index (χ4n) is 1.42. The Bertz CT molecular complexity index is 325. The van der Waals surface area contributed by atoms with Crippen molar-refractivity contribution >= 4 is 23.8 Å². The summed E-state index contributed by atoms with van der Waals surface area (Å²) in [6.45, 7) is 3.67. The highest BCUT2D eigenvalue weighted by molar-refractivity contribution is 8.00. The zero-order valence-corrected chi connectivity index (χ0v) is 12.2. The van der Waals surface area contributed by atoms with E-state index in [1.807, 2.05) is 0 Å². The van der Waals surface area contributed by atoms with Gasteiger partial charge in [-0.2, -0.15) is 13.2 Å². The minimum atomic E-state index is -4.30. The summed E-state index contributed by atoms with van der Waals surface area (Å²) in [5.74, 6) is -1.20. The molecule has 0 spiro atoms. The lowest BCUT2D eigenvalue weighted by Gasteiger charge is -2.26. The number of carboxylic acid groups (broad SMARTS) is 1. The molecular weight excluding hydrogens is 297 g/mol. The van der Waals surface area contributed by atoms with E-state index < -0.39 is 17.5 Å². The van der Waals surface area contributed by atoms with Crippen molar-refractivity contribution in [2.24, 2.45) is 0 Å². The van der Waals surface area contributed by atoms with Gasteiger partial charge in [-0.3, -0.25) is 4.79 Å². The summed E-state index contributed by atoms with van der Waals surface area (Å²) in [4.78, 5) is 23.6. The molecule has 0 atom stereocenters. The Hall–Kier alpha value is -1.12. The second-order valence-electron chi connectivity index (χ2n) is 4.31. The Morgan fingerprint density at radius 1 is 1.35 bits per heavy atom. The number of aliphatic carboxylic acids is 1. The van der Waals surface area contributed by atoms with E-state index in [1.165, 1.54) is 4.90 Å². The third kappa shape index (κ3) is 9.76. The average molecular weight is 316 g/mol. The molecule has 2 N–H and O–H groups in total. The molecule has 20 heavy (non-hydrogen) atoms. The molecule has 0 aromatic heterocycles. The average Bonchev–Trinajstić information content (AvgIpc) is 2.28. The number of halogens is 3. The third-order valence-electron chi connectivity index (χ3n) is 2.32. The van der Waals surface area contributed by atoms with Crippen LogP contribution in [-0.4, -0.2) is 52.4 Å². The molecule has 0 aliphatic rings. The molecule has 0 fully saturated rings. The van der Waals surface area contributed by atoms with Crippen molar-refractivity contribution in [1.82, 2.24) is 10.2 Å². The number of carboxylic acids is 1. The van der Waals surface area contributed by atoms with Gasteiger partial charge < -0.3 is 15.3 Å². The molecule has 0 aromatic rings. The van der Waals surface area contributed by atoms with Crippen molar-refractivity contribution in [2.45, 2.75) is 38.2 Å². The Balaban J connectivity index is 4.07. The van der Waals surface area contributed by atoms with Gasteiger partial charge in [-0.15, -0.1) is 0 Å². The van der Waals surface area contributed by atoms with E-state index in [2.05, 4.69) is 5.32 Å². The fraction of sp³-hybridized carbons (Fsp3) is 0.818. The summed E-state index contributed by atoms with van der Waals surface area (Å²) < 4.78 is 35.7. The number of urea groups is 1. The number of rotatable bonds is 8. The molecule has 0 saturated heterocycles. The maximum Gasteiger partial charge on any atom is 0.441 e. The zero-order chi connectivity index (χ0) is 15.8. The van der Waals surface area contributed by atoms with Gasteiger partial charge in [-0.25, -0.2) is 4.79 Å². The van der Waals surface area contributed by atoms with Crippen LogP contribution in [0.1, 0.15) is 26.7 Å². The van der Waals surface area contributed by atoms with E-state index >= 15 is 0 Å². The number of hydrogen-bond acceptors (Lipinski definition) is 3. The van der Waals surface area contributed by atoms with Crippen LogP contribution in [0.15, 0.2) is 0 Å². The Morgan fingerprint density at radius 2 is 1.95 bits per heavy atom. The number of carbonyl (C=O) groups is 2. The molecule has 5 nitrogen and oxygen atoms in total. The highest BCUT2D eigenvalue weighted by Gasteiger charge is 2.27. The predicted molar refractivity (Wildman–Crippen MR) is 70.6 cm³/mol. The topological polar surface area (TPSA) is 69.6 Å². The molecule has 9 heteroatoms. The molecule has 0 radical (unpaired) electrons. The zero-order valence-electron chi connectivity index (χ0n) is 11.4. The highest BCUT2D eigenvalue weighted by atomic mass is 32.2. The maximum absolute atomic E-state index is 11.9. The van der Waals surface area contributed by atoms with Crippen molar-refractivity contribution in [1.29, 1.82) is 0 Å². The van der Waals surface area contributed by atoms with Crippen molar-refractivity contribution in [3.63, 3.8) is 0 Å². The van der Waals surface area contributed by atoms with Crippen LogP contribution < -0.4 is 5.32 Å². The van der Waals surface area contributed by atoms with Crippen LogP contribution in [0.3, 0.4) is 0 Å². The van der Waals surface area contributed by atoms with Crippen LogP contribution >= 0.6 is 11.8 Å². The first-order chi connectivity index (χ1) is 9.13. The van der Waals surface area contributed by atoms with Crippen LogP contribution in [0.4, 0.5) is 18.0 Å². The second kappa shape index (κ2) is 8.93. The van der Waals surface area contributed by atoms with Crippen molar-refractivity contribution in [3.05, 3.63) is 0 Å². The number of hydrogen-bond donors (Lipinski definition) is 2. The monoisotopic (exact) mass is 316 g/mol. The van der Waals surface area contributed by atoms with Gasteiger partial charge in [0, 0.05) is 31.3 Å². The molecule has 0 saturated carbocycles. The highest BCUT2D eigenvalue weighted by Crippen LogP contribution is 2.29. The van der Waals surface area contributed by atoms with Crippen LogP contribution in [-0.2, 0) is 4.79 Å². The lowest BCUT2D eigenvalue weighted by atomic mass is 10.2. The molecule has 0 bridgehead atoms. The Labute approximate surface area is 119 Å². The van der Waals surface area contributed by atoms with Gasteiger partial charge >= 0.3 is 17.5 Å². The molecule has 0 aliphatic heterocycles. The standard InChI is InChI=1S/C11H19F3N2O3S/c1-8(2)16(6-3-4-9(17)18)10(19)15-5-7-20-11(12,13)14/h8H,3-7H2,1-2H3,(H,15,19)(H,17,18). The summed E-state index contributed by atoms with van der Waals surface area (Å²) in [5, 5.41) is 10.9. The lowest BCUT2D eigenvalue weighted by Crippen LogP contribution is -2.45. The van der Waals surface area contributed by atoms with Gasteiger partial charge in [0.25, 0.3) is 0 Å². The van der Waals surface area contributed by atoms with E-state index in [0.717, 1.165) is 0 Å². The van der Waals surface area contributed by atoms with E-state index in [-0.39, 0.29) is 43.1 Å². The van der Waals surface area contributed by atoms with Gasteiger partial charge in [0.1, 0.15) is 0 Å². The maximum atomic E-state index is 11.9. The van der Waals surface area contributed by atoms with E-state index in [0.29, 0.717) is 6.42 Å². The molecule has 2 amide bonds. The Kier molecular flexibility index (Phi) is 8.43. The van der Waals surface area contributed by atoms with E-state index in [9.17, 15) is 22.8 Å². The molecule has 118 valence electrons. The molecule has 0 unspecified atom stereocenters. The van der Waals surface area contributed by atoms with Crippen LogP contribution in [0.25, 0.3) is 0 Å². The number of amides is 2. The number of thioether (sulfide) groups is 1. The van der Waals surface area contributed by atoms with Crippen molar-refractivity contribution in [3.8, 4) is 0 Å². The van der Waals surface area contributed by atoms with E-state index in [4.69, 9.17) is 5.11 Å².